The van der Waals surface area contributed by atoms with Gasteiger partial charge in [0.2, 0.25) is 5.91 Å². The molecule has 182 valence electrons. The molecule has 2 N–H and O–H groups in total. The van der Waals surface area contributed by atoms with Gasteiger partial charge < -0.3 is 24.8 Å². The molecule has 0 unspecified atom stereocenters. The van der Waals surface area contributed by atoms with Gasteiger partial charge in [0.15, 0.2) is 0 Å². The van der Waals surface area contributed by atoms with Gasteiger partial charge in [-0.05, 0) is 81.7 Å². The fourth-order valence-electron chi connectivity index (χ4n) is 5.04. The second-order valence-corrected chi connectivity index (χ2v) is 13.0. The van der Waals surface area contributed by atoms with Crippen LogP contribution in [0.3, 0.4) is 0 Å². The van der Waals surface area contributed by atoms with Crippen LogP contribution in [0.1, 0.15) is 42.4 Å². The zero-order valence-electron chi connectivity index (χ0n) is 20.6. The molecule has 0 spiro atoms. The molecule has 34 heavy (non-hydrogen) atoms. The summed E-state index contributed by atoms with van der Waals surface area (Å²) in [4.78, 5) is 27.8. The van der Waals surface area contributed by atoms with Gasteiger partial charge in [-0.1, -0.05) is 12.1 Å². The smallest absolute Gasteiger partial charge is 0.322 e. The first kappa shape index (κ1) is 24.3. The molecule has 2 aromatic carbocycles. The van der Waals surface area contributed by atoms with E-state index in [2.05, 4.69) is 10.6 Å². The molecule has 0 atom stereocenters. The summed E-state index contributed by atoms with van der Waals surface area (Å²) in [6, 6.07) is 9.46. The van der Waals surface area contributed by atoms with Crippen molar-refractivity contribution >= 4 is 35.8 Å². The highest BCUT2D eigenvalue weighted by atomic mass is 31.2. The number of carbonyl (C=O) groups is 2. The van der Waals surface area contributed by atoms with E-state index in [9.17, 15) is 14.2 Å². The van der Waals surface area contributed by atoms with Gasteiger partial charge in [0.05, 0.1) is 19.3 Å². The lowest BCUT2D eigenvalue weighted by atomic mass is 9.84. The number of amides is 3. The zero-order chi connectivity index (χ0) is 24.6. The van der Waals surface area contributed by atoms with Gasteiger partial charge in [0.1, 0.15) is 12.9 Å². The highest BCUT2D eigenvalue weighted by Crippen LogP contribution is 2.42. The van der Waals surface area contributed by atoms with E-state index < -0.39 is 7.14 Å². The molecule has 2 aromatic rings. The molecule has 1 saturated carbocycles. The van der Waals surface area contributed by atoms with E-state index in [-0.39, 0.29) is 23.9 Å². The summed E-state index contributed by atoms with van der Waals surface area (Å²) >= 11 is 0. The average Bonchev–Trinajstić information content (AvgIpc) is 2.79. The Morgan fingerprint density at radius 3 is 2.41 bits per heavy atom. The topological polar surface area (TPSA) is 87.7 Å². The van der Waals surface area contributed by atoms with Crippen LogP contribution in [-0.4, -0.2) is 43.3 Å². The van der Waals surface area contributed by atoms with Crippen molar-refractivity contribution < 1.29 is 18.9 Å². The van der Waals surface area contributed by atoms with E-state index >= 15 is 0 Å². The number of hydrogen-bond donors (Lipinski definition) is 2. The van der Waals surface area contributed by atoms with Gasteiger partial charge in [-0.25, -0.2) is 4.79 Å². The molecule has 1 fully saturated rings. The summed E-state index contributed by atoms with van der Waals surface area (Å²) in [5.74, 6) is 0.682. The molecule has 0 aromatic heterocycles. The first-order valence-electron chi connectivity index (χ1n) is 11.8. The minimum Gasteiger partial charge on any atom is -0.496 e. The Labute approximate surface area is 201 Å². The third-order valence-electron chi connectivity index (χ3n) is 7.11. The average molecular weight is 484 g/mol. The van der Waals surface area contributed by atoms with Crippen LogP contribution in [-0.2, 0) is 15.9 Å². The Bertz CT molecular complexity index is 1160. The van der Waals surface area contributed by atoms with E-state index in [4.69, 9.17) is 4.74 Å². The van der Waals surface area contributed by atoms with E-state index in [0.717, 1.165) is 64.8 Å². The van der Waals surface area contributed by atoms with E-state index in [1.807, 2.05) is 49.1 Å². The number of fused-ring (bicyclic) bond motifs is 1. The Kier molecular flexibility index (Phi) is 6.77. The molecule has 2 aliphatic rings. The van der Waals surface area contributed by atoms with Crippen LogP contribution >= 0.6 is 7.14 Å². The molecule has 1 aliphatic carbocycles. The van der Waals surface area contributed by atoms with Gasteiger partial charge in [-0.15, -0.1) is 0 Å². The highest BCUT2D eigenvalue weighted by Gasteiger charge is 2.36. The van der Waals surface area contributed by atoms with Crippen molar-refractivity contribution in [2.45, 2.75) is 52.1 Å². The number of aryl methyl sites for hydroxylation is 2. The molecule has 0 bridgehead atoms. The molecule has 7 nitrogen and oxygen atoms in total. The van der Waals surface area contributed by atoms with Crippen LogP contribution < -0.4 is 20.7 Å². The number of hydrogen-bond acceptors (Lipinski definition) is 4. The minimum atomic E-state index is -2.52. The van der Waals surface area contributed by atoms with Crippen LogP contribution in [0.4, 0.5) is 16.2 Å². The summed E-state index contributed by atoms with van der Waals surface area (Å²) in [5.41, 5.74) is 4.59. The molecular formula is C26H34N3O4P. The van der Waals surface area contributed by atoms with Gasteiger partial charge in [-0.3, -0.25) is 4.79 Å². The Morgan fingerprint density at radius 2 is 1.76 bits per heavy atom. The van der Waals surface area contributed by atoms with Crippen molar-refractivity contribution in [1.82, 2.24) is 4.90 Å². The highest BCUT2D eigenvalue weighted by molar-refractivity contribution is 7.70. The molecule has 4 rings (SSSR count). The van der Waals surface area contributed by atoms with E-state index in [1.54, 1.807) is 20.4 Å². The second-order valence-electron chi connectivity index (χ2n) is 9.84. The normalized spacial score (nSPS) is 20.4. The molecule has 0 saturated heterocycles. The van der Waals surface area contributed by atoms with Crippen molar-refractivity contribution in [3.8, 4) is 5.75 Å². The number of anilines is 2. The number of ether oxygens (including phenoxy) is 1. The Balaban J connectivity index is 1.42. The van der Waals surface area contributed by atoms with Crippen LogP contribution in [0.2, 0.25) is 0 Å². The number of urea groups is 1. The monoisotopic (exact) mass is 483 g/mol. The summed E-state index contributed by atoms with van der Waals surface area (Å²) in [6.45, 7) is 7.96. The van der Waals surface area contributed by atoms with Crippen molar-refractivity contribution in [2.75, 3.05) is 31.1 Å². The van der Waals surface area contributed by atoms with Crippen molar-refractivity contribution in [3.63, 3.8) is 0 Å². The summed E-state index contributed by atoms with van der Waals surface area (Å²) in [6.07, 6.45) is 3.01. The maximum absolute atomic E-state index is 13.0. The van der Waals surface area contributed by atoms with Crippen molar-refractivity contribution in [1.29, 1.82) is 0 Å². The van der Waals surface area contributed by atoms with Gasteiger partial charge >= 0.3 is 6.03 Å². The lowest BCUT2D eigenvalue weighted by molar-refractivity contribution is -0.121. The van der Waals surface area contributed by atoms with Crippen LogP contribution in [0.25, 0.3) is 0 Å². The predicted molar refractivity (Wildman–Crippen MR) is 137 cm³/mol. The van der Waals surface area contributed by atoms with Crippen molar-refractivity contribution in [3.05, 3.63) is 47.0 Å². The largest absolute Gasteiger partial charge is 0.496 e. The molecule has 1 aliphatic heterocycles. The van der Waals surface area contributed by atoms with Gasteiger partial charge in [0, 0.05) is 29.0 Å². The second kappa shape index (κ2) is 9.46. The van der Waals surface area contributed by atoms with E-state index in [1.165, 1.54) is 0 Å². The fourth-order valence-corrected chi connectivity index (χ4v) is 6.20. The van der Waals surface area contributed by atoms with Gasteiger partial charge in [0.25, 0.3) is 0 Å². The van der Waals surface area contributed by atoms with Crippen molar-refractivity contribution in [2.24, 2.45) is 5.92 Å². The SMILES string of the molecule is COc1cc(NC(=O)C2CCC(N3Cc4c(C)ccc(P(C)(C)=O)c4NC3=O)CC2)ccc1C. The third kappa shape index (κ3) is 4.85. The third-order valence-corrected chi connectivity index (χ3v) is 8.64. The maximum Gasteiger partial charge on any atom is 0.322 e. The van der Waals surface area contributed by atoms with Crippen LogP contribution in [0, 0.1) is 19.8 Å². The fraction of sp³-hybridized carbons (Fsp3) is 0.462. The first-order chi connectivity index (χ1) is 16.1. The Morgan fingerprint density at radius 1 is 1.09 bits per heavy atom. The summed E-state index contributed by atoms with van der Waals surface area (Å²) < 4.78 is 18.1. The van der Waals surface area contributed by atoms with E-state index in [0.29, 0.717) is 6.54 Å². The first-order valence-corrected chi connectivity index (χ1v) is 14.4. The standard InChI is InChI=1S/C26H34N3O4P/c1-16-7-13-23(34(4,5)32)24-21(16)15-29(26(31)28-24)20-11-8-18(9-12-20)25(30)27-19-10-6-17(2)22(14-19)33-3/h6-7,10,13-14,18,20H,8-9,11-12,15H2,1-5H3,(H,27,30)(H,28,31). The zero-order valence-corrected chi connectivity index (χ0v) is 21.5. The number of benzene rings is 2. The molecule has 3 amide bonds. The van der Waals surface area contributed by atoms with Crippen LogP contribution in [0.15, 0.2) is 30.3 Å². The molecule has 1 heterocycles. The number of rotatable bonds is 5. The number of nitrogens with zero attached hydrogens (tertiary/aromatic N) is 1. The Hall–Kier alpha value is -2.79. The molecule has 8 heteroatoms. The number of carbonyl (C=O) groups excluding carboxylic acids is 2. The van der Waals surface area contributed by atoms with Crippen LogP contribution in [0.5, 0.6) is 5.75 Å². The number of methoxy groups -OCH3 is 1. The quantitative estimate of drug-likeness (QED) is 0.579. The predicted octanol–water partition coefficient (Wildman–Crippen LogP) is 5.11. The minimum absolute atomic E-state index is 0.0138. The summed E-state index contributed by atoms with van der Waals surface area (Å²) in [5, 5.41) is 6.78. The number of nitrogens with one attached hydrogen (secondary N) is 2. The maximum atomic E-state index is 13.0. The molecule has 0 radical (unpaired) electrons. The molecular weight excluding hydrogens is 449 g/mol. The lowest BCUT2D eigenvalue weighted by Crippen LogP contribution is -2.48. The lowest BCUT2D eigenvalue weighted by Gasteiger charge is -2.40. The van der Waals surface area contributed by atoms with Gasteiger partial charge in [-0.2, -0.15) is 0 Å². The summed E-state index contributed by atoms with van der Waals surface area (Å²) in [7, 11) is -0.898.